The zero-order valence-electron chi connectivity index (χ0n) is 10.9. The van der Waals surface area contributed by atoms with Crippen molar-refractivity contribution in [3.63, 3.8) is 0 Å². The van der Waals surface area contributed by atoms with Crippen LogP contribution < -0.4 is 5.32 Å². The normalized spacial score (nSPS) is 27.1. The van der Waals surface area contributed by atoms with Crippen molar-refractivity contribution in [3.05, 3.63) is 17.5 Å². The number of nitrogens with one attached hydrogen (secondary N) is 2. The Labute approximate surface area is 121 Å². The maximum atomic E-state index is 12.5. The lowest BCUT2D eigenvalue weighted by Gasteiger charge is -2.23. The molecule has 0 radical (unpaired) electrons. The van der Waals surface area contributed by atoms with Crippen LogP contribution in [0.4, 0.5) is 13.2 Å². The molecule has 8 heteroatoms. The molecule has 0 amide bonds. The molecule has 4 nitrogen and oxygen atoms in total. The summed E-state index contributed by atoms with van der Waals surface area (Å²) in [5, 5.41) is 9.37. The Morgan fingerprint density at radius 3 is 2.70 bits per heavy atom. The van der Waals surface area contributed by atoms with Crippen molar-refractivity contribution >= 4 is 12.4 Å². The van der Waals surface area contributed by atoms with E-state index >= 15 is 0 Å². The molecule has 2 bridgehead atoms. The highest BCUT2D eigenvalue weighted by Crippen LogP contribution is 2.28. The van der Waals surface area contributed by atoms with E-state index in [9.17, 15) is 13.2 Å². The summed E-state index contributed by atoms with van der Waals surface area (Å²) in [6.45, 7) is 2.33. The lowest BCUT2D eigenvalue weighted by molar-refractivity contribution is -0.141. The van der Waals surface area contributed by atoms with Crippen LogP contribution in [0.3, 0.4) is 0 Å². The van der Waals surface area contributed by atoms with Gasteiger partial charge in [-0.25, -0.2) is 0 Å². The molecule has 114 valence electrons. The van der Waals surface area contributed by atoms with Gasteiger partial charge >= 0.3 is 6.18 Å². The van der Waals surface area contributed by atoms with Gasteiger partial charge < -0.3 is 5.32 Å². The van der Waals surface area contributed by atoms with Crippen LogP contribution in [0.2, 0.25) is 0 Å². The predicted molar refractivity (Wildman–Crippen MR) is 70.7 cm³/mol. The van der Waals surface area contributed by atoms with Gasteiger partial charge in [-0.15, -0.1) is 12.4 Å². The molecule has 1 aromatic heterocycles. The van der Waals surface area contributed by atoms with Gasteiger partial charge in [-0.1, -0.05) is 0 Å². The van der Waals surface area contributed by atoms with Gasteiger partial charge in [0.05, 0.1) is 0 Å². The van der Waals surface area contributed by atoms with E-state index in [1.165, 1.54) is 6.42 Å². The molecule has 2 atom stereocenters. The number of rotatable bonds is 2. The van der Waals surface area contributed by atoms with Crippen LogP contribution in [0.25, 0.3) is 0 Å². The van der Waals surface area contributed by atoms with Crippen molar-refractivity contribution in [2.45, 2.75) is 44.1 Å². The number of fused-ring (bicyclic) bond motifs is 2. The minimum absolute atomic E-state index is 0. The van der Waals surface area contributed by atoms with Crippen molar-refractivity contribution in [2.24, 2.45) is 0 Å². The Morgan fingerprint density at radius 2 is 2.00 bits per heavy atom. The summed E-state index contributed by atoms with van der Waals surface area (Å²) in [7, 11) is 0. The maximum absolute atomic E-state index is 12.5. The fraction of sp³-hybridized carbons (Fsp3) is 0.750. The van der Waals surface area contributed by atoms with E-state index in [1.807, 2.05) is 0 Å². The first-order valence-electron chi connectivity index (χ1n) is 6.60. The van der Waals surface area contributed by atoms with E-state index in [1.54, 1.807) is 0 Å². The lowest BCUT2D eigenvalue weighted by atomic mass is 10.1. The molecule has 20 heavy (non-hydrogen) atoms. The van der Waals surface area contributed by atoms with Gasteiger partial charge in [0.1, 0.15) is 0 Å². The zero-order chi connectivity index (χ0) is 13.5. The van der Waals surface area contributed by atoms with E-state index < -0.39 is 11.9 Å². The molecule has 2 saturated heterocycles. The van der Waals surface area contributed by atoms with Crippen molar-refractivity contribution in [1.82, 2.24) is 20.4 Å². The van der Waals surface area contributed by atoms with Crippen LogP contribution in [-0.2, 0) is 12.7 Å². The number of likely N-dealkylation sites (tertiary alicyclic amines) is 1. The number of hydrogen-bond acceptors (Lipinski definition) is 3. The summed E-state index contributed by atoms with van der Waals surface area (Å²) < 4.78 is 37.4. The van der Waals surface area contributed by atoms with Gasteiger partial charge in [0.25, 0.3) is 0 Å². The van der Waals surface area contributed by atoms with E-state index in [-0.39, 0.29) is 12.4 Å². The second-order valence-electron chi connectivity index (χ2n) is 5.44. The largest absolute Gasteiger partial charge is 0.435 e. The fourth-order valence-corrected chi connectivity index (χ4v) is 2.99. The molecule has 2 aliphatic heterocycles. The Bertz CT molecular complexity index is 448. The topological polar surface area (TPSA) is 44.0 Å². The van der Waals surface area contributed by atoms with Gasteiger partial charge in [-0.05, 0) is 25.3 Å². The molecule has 0 saturated carbocycles. The highest BCUT2D eigenvalue weighted by Gasteiger charge is 2.34. The summed E-state index contributed by atoms with van der Waals surface area (Å²) in [6, 6.07) is 2.18. The average Bonchev–Trinajstić information content (AvgIpc) is 2.88. The van der Waals surface area contributed by atoms with Crippen LogP contribution in [0, 0.1) is 0 Å². The van der Waals surface area contributed by atoms with Crippen molar-refractivity contribution < 1.29 is 13.2 Å². The number of H-pyrrole nitrogens is 1. The molecule has 0 aliphatic carbocycles. The summed E-state index contributed by atoms with van der Waals surface area (Å²) >= 11 is 0. The van der Waals surface area contributed by atoms with E-state index in [0.717, 1.165) is 32.0 Å². The fourth-order valence-electron chi connectivity index (χ4n) is 2.99. The Balaban J connectivity index is 0.00000147. The first-order chi connectivity index (χ1) is 9.00. The summed E-state index contributed by atoms with van der Waals surface area (Å²) in [5.74, 6) is 0. The van der Waals surface area contributed by atoms with Crippen molar-refractivity contribution in [1.29, 1.82) is 0 Å². The number of aromatic nitrogens is 2. The first kappa shape index (κ1) is 15.6. The molecule has 2 fully saturated rings. The number of hydrogen-bond donors (Lipinski definition) is 2. The van der Waals surface area contributed by atoms with Gasteiger partial charge in [-0.2, -0.15) is 18.3 Å². The van der Waals surface area contributed by atoms with Gasteiger partial charge in [-0.3, -0.25) is 10.00 Å². The van der Waals surface area contributed by atoms with E-state index in [4.69, 9.17) is 0 Å². The minimum atomic E-state index is -4.37. The van der Waals surface area contributed by atoms with Crippen molar-refractivity contribution in [2.75, 3.05) is 13.1 Å². The molecular weight excluding hydrogens is 293 g/mol. The Morgan fingerprint density at radius 1 is 1.25 bits per heavy atom. The summed E-state index contributed by atoms with van der Waals surface area (Å²) in [6.07, 6.45) is -0.913. The molecule has 3 heterocycles. The molecule has 1 aromatic rings. The molecule has 2 unspecified atom stereocenters. The van der Waals surface area contributed by atoms with E-state index in [2.05, 4.69) is 20.4 Å². The van der Waals surface area contributed by atoms with Gasteiger partial charge in [0.15, 0.2) is 5.69 Å². The van der Waals surface area contributed by atoms with Gasteiger partial charge in [0, 0.05) is 37.4 Å². The first-order valence-corrected chi connectivity index (χ1v) is 6.60. The highest BCUT2D eigenvalue weighted by atomic mass is 35.5. The monoisotopic (exact) mass is 310 g/mol. The SMILES string of the molecule is Cl.FC(F)(F)c1cc(CN2CCC3CCC(C2)N3)[nH]n1. The number of aromatic amines is 1. The molecule has 2 N–H and O–H groups in total. The van der Waals surface area contributed by atoms with Crippen LogP contribution in [0.15, 0.2) is 6.07 Å². The highest BCUT2D eigenvalue weighted by molar-refractivity contribution is 5.85. The number of alkyl halides is 3. The summed E-state index contributed by atoms with van der Waals surface area (Å²) in [5.41, 5.74) is -0.304. The standard InChI is InChI=1S/C12H17F3N4.ClH/c13-12(14,15)11-5-10(17-18-11)7-19-4-3-8-1-2-9(6-19)16-8;/h5,8-9,16H,1-4,6-7H2,(H,17,18);1H. The van der Waals surface area contributed by atoms with Crippen LogP contribution in [0.5, 0.6) is 0 Å². The lowest BCUT2D eigenvalue weighted by Crippen LogP contribution is -2.35. The van der Waals surface area contributed by atoms with Crippen molar-refractivity contribution in [3.8, 4) is 0 Å². The third kappa shape index (κ3) is 3.45. The zero-order valence-corrected chi connectivity index (χ0v) is 11.7. The maximum Gasteiger partial charge on any atom is 0.435 e. The van der Waals surface area contributed by atoms with Crippen LogP contribution in [-0.4, -0.2) is 40.3 Å². The number of halogens is 4. The Kier molecular flexibility index (Phi) is 4.61. The van der Waals surface area contributed by atoms with Crippen LogP contribution in [0.1, 0.15) is 30.7 Å². The smallest absolute Gasteiger partial charge is 0.310 e. The third-order valence-electron chi connectivity index (χ3n) is 3.92. The number of nitrogens with zero attached hydrogens (tertiary/aromatic N) is 2. The molecule has 0 spiro atoms. The van der Waals surface area contributed by atoms with Gasteiger partial charge in [0.2, 0.25) is 0 Å². The molecule has 3 rings (SSSR count). The van der Waals surface area contributed by atoms with E-state index in [0.29, 0.717) is 24.3 Å². The second kappa shape index (κ2) is 5.91. The second-order valence-corrected chi connectivity index (χ2v) is 5.44. The minimum Gasteiger partial charge on any atom is -0.310 e. The summed E-state index contributed by atoms with van der Waals surface area (Å²) in [4.78, 5) is 2.20. The molecule has 0 aromatic carbocycles. The quantitative estimate of drug-likeness (QED) is 0.880. The molecule has 2 aliphatic rings. The Hall–Kier alpha value is -0.790. The van der Waals surface area contributed by atoms with Crippen LogP contribution >= 0.6 is 12.4 Å². The third-order valence-corrected chi connectivity index (χ3v) is 3.92. The predicted octanol–water partition coefficient (Wildman–Crippen LogP) is 2.18. The molecular formula is C12H18ClF3N4. The average molecular weight is 311 g/mol.